The van der Waals surface area contributed by atoms with Crippen LogP contribution in [0.25, 0.3) is 0 Å². The minimum atomic E-state index is -4.77. The lowest BCUT2D eigenvalue weighted by atomic mass is 9.68. The fourth-order valence-electron chi connectivity index (χ4n) is 6.42. The molecule has 1 aromatic rings. The molecule has 0 aromatic heterocycles. The summed E-state index contributed by atoms with van der Waals surface area (Å²) >= 11 is 0. The lowest BCUT2D eigenvalue weighted by Gasteiger charge is -2.38. The zero-order chi connectivity index (χ0) is 24.3. The Balaban J connectivity index is 1.20. The molecule has 2 saturated carbocycles. The number of alkyl halides is 3. The van der Waals surface area contributed by atoms with Crippen LogP contribution in [-0.4, -0.2) is 18.2 Å². The van der Waals surface area contributed by atoms with Gasteiger partial charge in [0.15, 0.2) is 0 Å². The van der Waals surface area contributed by atoms with Crippen LogP contribution < -0.4 is 4.74 Å². The standard InChI is InChI=1S/C27H36F4O3/c1-2-3-21-13-15-25(33-21)19-8-4-17(5-9-19)18-6-10-20(11-7-18)26(32)34-22-12-14-23(24(28)16-22)27(29,30)31/h12,14,16-21,25H,2-11,13,15H2,1H3. The summed E-state index contributed by atoms with van der Waals surface area (Å²) in [4.78, 5) is 12.5. The van der Waals surface area contributed by atoms with Crippen molar-refractivity contribution in [3.63, 3.8) is 0 Å². The maximum atomic E-state index is 13.8. The van der Waals surface area contributed by atoms with E-state index in [0.717, 1.165) is 31.7 Å². The second-order valence-corrected chi connectivity index (χ2v) is 10.5. The lowest BCUT2D eigenvalue weighted by Crippen LogP contribution is -2.32. The average Bonchev–Trinajstić information content (AvgIpc) is 3.27. The van der Waals surface area contributed by atoms with Crippen molar-refractivity contribution in [2.24, 2.45) is 23.7 Å². The summed E-state index contributed by atoms with van der Waals surface area (Å²) in [7, 11) is 0. The van der Waals surface area contributed by atoms with E-state index < -0.39 is 23.5 Å². The lowest BCUT2D eigenvalue weighted by molar-refractivity contribution is -0.140. The van der Waals surface area contributed by atoms with Crippen molar-refractivity contribution >= 4 is 5.97 Å². The van der Waals surface area contributed by atoms with Gasteiger partial charge in [-0.3, -0.25) is 4.79 Å². The van der Waals surface area contributed by atoms with Gasteiger partial charge in [0.05, 0.1) is 23.7 Å². The van der Waals surface area contributed by atoms with Crippen molar-refractivity contribution in [1.82, 2.24) is 0 Å². The first kappa shape index (κ1) is 25.5. The van der Waals surface area contributed by atoms with Crippen LogP contribution in [0.4, 0.5) is 17.6 Å². The molecule has 2 atom stereocenters. The Hall–Kier alpha value is -1.63. The summed E-state index contributed by atoms with van der Waals surface area (Å²) in [6.07, 6.45) is 9.19. The van der Waals surface area contributed by atoms with Crippen molar-refractivity contribution in [3.05, 3.63) is 29.6 Å². The van der Waals surface area contributed by atoms with Gasteiger partial charge in [0.1, 0.15) is 11.6 Å². The molecular weight excluding hydrogens is 448 g/mol. The van der Waals surface area contributed by atoms with Crippen molar-refractivity contribution in [2.75, 3.05) is 0 Å². The van der Waals surface area contributed by atoms with Crippen LogP contribution in [0.3, 0.4) is 0 Å². The fraction of sp³-hybridized carbons (Fsp3) is 0.741. The first-order chi connectivity index (χ1) is 16.2. The first-order valence-electron chi connectivity index (χ1n) is 13.0. The smallest absolute Gasteiger partial charge is 0.419 e. The highest BCUT2D eigenvalue weighted by Crippen LogP contribution is 2.44. The van der Waals surface area contributed by atoms with Crippen LogP contribution in [-0.2, 0) is 15.7 Å². The maximum Gasteiger partial charge on any atom is 0.419 e. The summed E-state index contributed by atoms with van der Waals surface area (Å²) in [6.45, 7) is 2.21. The number of rotatable bonds is 6. The van der Waals surface area contributed by atoms with Crippen molar-refractivity contribution < 1.29 is 31.8 Å². The molecule has 1 saturated heterocycles. The molecule has 4 rings (SSSR count). The zero-order valence-electron chi connectivity index (χ0n) is 19.9. The predicted octanol–water partition coefficient (Wildman–Crippen LogP) is 7.71. The van der Waals surface area contributed by atoms with Crippen LogP contribution in [0, 0.1) is 29.5 Å². The number of hydrogen-bond donors (Lipinski definition) is 0. The highest BCUT2D eigenvalue weighted by atomic mass is 19.4. The quantitative estimate of drug-likeness (QED) is 0.236. The summed E-state index contributed by atoms with van der Waals surface area (Å²) in [5.74, 6) is -0.349. The molecule has 0 bridgehead atoms. The monoisotopic (exact) mass is 484 g/mol. The molecular formula is C27H36F4O3. The van der Waals surface area contributed by atoms with Gasteiger partial charge in [0.25, 0.3) is 0 Å². The third-order valence-corrected chi connectivity index (χ3v) is 8.33. The molecule has 1 heterocycles. The number of halogens is 4. The van der Waals surface area contributed by atoms with Gasteiger partial charge < -0.3 is 9.47 Å². The third kappa shape index (κ3) is 6.13. The minimum absolute atomic E-state index is 0.175. The Kier molecular flexibility index (Phi) is 8.21. The molecule has 0 radical (unpaired) electrons. The molecule has 0 N–H and O–H groups in total. The van der Waals surface area contributed by atoms with E-state index in [1.807, 2.05) is 0 Å². The molecule has 7 heteroatoms. The van der Waals surface area contributed by atoms with Crippen molar-refractivity contribution in [3.8, 4) is 5.75 Å². The average molecular weight is 485 g/mol. The van der Waals surface area contributed by atoms with E-state index in [1.54, 1.807) is 0 Å². The molecule has 3 nitrogen and oxygen atoms in total. The molecule has 3 fully saturated rings. The SMILES string of the molecule is CCCC1CCC(C2CCC(C3CCC(C(=O)Oc4ccc(C(F)(F)F)c(F)c4)CC3)CC2)O1. The fourth-order valence-corrected chi connectivity index (χ4v) is 6.42. The topological polar surface area (TPSA) is 35.5 Å². The Morgan fingerprint density at radius 2 is 1.56 bits per heavy atom. The highest BCUT2D eigenvalue weighted by molar-refractivity contribution is 5.75. The van der Waals surface area contributed by atoms with Crippen LogP contribution in [0.1, 0.15) is 89.5 Å². The van der Waals surface area contributed by atoms with Gasteiger partial charge in [-0.2, -0.15) is 13.2 Å². The van der Waals surface area contributed by atoms with Crippen LogP contribution in [0.5, 0.6) is 5.75 Å². The number of carbonyl (C=O) groups is 1. The third-order valence-electron chi connectivity index (χ3n) is 8.33. The molecule has 34 heavy (non-hydrogen) atoms. The maximum absolute atomic E-state index is 13.8. The molecule has 1 aliphatic heterocycles. The summed E-state index contributed by atoms with van der Waals surface area (Å²) in [6, 6.07) is 2.27. The van der Waals surface area contributed by atoms with E-state index >= 15 is 0 Å². The minimum Gasteiger partial charge on any atom is -0.426 e. The highest BCUT2D eigenvalue weighted by Gasteiger charge is 2.38. The molecule has 190 valence electrons. The largest absolute Gasteiger partial charge is 0.426 e. The van der Waals surface area contributed by atoms with Gasteiger partial charge in [-0.15, -0.1) is 0 Å². The second kappa shape index (κ2) is 11.0. The van der Waals surface area contributed by atoms with Gasteiger partial charge in [0, 0.05) is 6.07 Å². The normalized spacial score (nSPS) is 32.5. The van der Waals surface area contributed by atoms with E-state index in [1.165, 1.54) is 51.4 Å². The Morgan fingerprint density at radius 1 is 0.941 bits per heavy atom. The molecule has 2 aliphatic carbocycles. The van der Waals surface area contributed by atoms with E-state index in [9.17, 15) is 22.4 Å². The van der Waals surface area contributed by atoms with E-state index in [4.69, 9.17) is 9.47 Å². The van der Waals surface area contributed by atoms with Gasteiger partial charge in [-0.1, -0.05) is 13.3 Å². The summed E-state index contributed by atoms with van der Waals surface area (Å²) in [5, 5.41) is 0. The summed E-state index contributed by atoms with van der Waals surface area (Å²) < 4.78 is 63.4. The van der Waals surface area contributed by atoms with Gasteiger partial charge in [-0.05, 0) is 101 Å². The Morgan fingerprint density at radius 3 is 2.15 bits per heavy atom. The number of carbonyl (C=O) groups excluding carboxylic acids is 1. The zero-order valence-corrected chi connectivity index (χ0v) is 19.9. The Labute approximate surface area is 199 Å². The molecule has 2 unspecified atom stereocenters. The second-order valence-electron chi connectivity index (χ2n) is 10.5. The van der Waals surface area contributed by atoms with Gasteiger partial charge in [-0.25, -0.2) is 4.39 Å². The van der Waals surface area contributed by atoms with E-state index in [0.29, 0.717) is 42.1 Å². The van der Waals surface area contributed by atoms with E-state index in [-0.39, 0.29) is 11.7 Å². The number of benzene rings is 1. The van der Waals surface area contributed by atoms with Crippen LogP contribution in [0.2, 0.25) is 0 Å². The molecule has 3 aliphatic rings. The molecule has 0 amide bonds. The van der Waals surface area contributed by atoms with Gasteiger partial charge >= 0.3 is 12.1 Å². The van der Waals surface area contributed by atoms with Crippen LogP contribution in [0.15, 0.2) is 18.2 Å². The van der Waals surface area contributed by atoms with E-state index in [2.05, 4.69) is 6.92 Å². The van der Waals surface area contributed by atoms with Gasteiger partial charge in [0.2, 0.25) is 0 Å². The van der Waals surface area contributed by atoms with Crippen molar-refractivity contribution in [2.45, 2.75) is 102 Å². The Bertz CT molecular complexity index is 824. The number of ether oxygens (including phenoxy) is 2. The van der Waals surface area contributed by atoms with Crippen LogP contribution >= 0.6 is 0 Å². The molecule has 0 spiro atoms. The molecule has 1 aromatic carbocycles. The predicted molar refractivity (Wildman–Crippen MR) is 121 cm³/mol. The number of hydrogen-bond acceptors (Lipinski definition) is 3. The number of esters is 1. The van der Waals surface area contributed by atoms with Crippen molar-refractivity contribution in [1.29, 1.82) is 0 Å². The first-order valence-corrected chi connectivity index (χ1v) is 13.0. The summed E-state index contributed by atoms with van der Waals surface area (Å²) in [5.41, 5.74) is -1.36.